The highest BCUT2D eigenvalue weighted by molar-refractivity contribution is 7.91. The van der Waals surface area contributed by atoms with E-state index in [0.717, 1.165) is 25.9 Å². The van der Waals surface area contributed by atoms with Gasteiger partial charge in [0.05, 0.1) is 18.1 Å². The second-order valence-corrected chi connectivity index (χ2v) is 23.9. The number of hydrogen-bond acceptors (Lipinski definition) is 9. The average molecular weight is 831 g/mol. The molecule has 0 bridgehead atoms. The molecular weight excluding hydrogens is 757 g/mol. The topological polar surface area (TPSA) is 111 Å². The van der Waals surface area contributed by atoms with Gasteiger partial charge >= 0.3 is 5.97 Å². The zero-order valence-electron chi connectivity index (χ0n) is 37.4. The summed E-state index contributed by atoms with van der Waals surface area (Å²) in [4.78, 5) is 15.9. The Kier molecular flexibility index (Phi) is 11.4. The number of ether oxygens (including phenoxy) is 2. The number of fused-ring (bicyclic) bond motifs is 7. The van der Waals surface area contributed by atoms with Crippen LogP contribution in [-0.4, -0.2) is 85.9 Å². The molecule has 0 amide bonds. The fourth-order valence-electron chi connectivity index (χ4n) is 15.4. The molecule has 8 rings (SSSR count). The Morgan fingerprint density at radius 2 is 1.73 bits per heavy atom. The van der Waals surface area contributed by atoms with Gasteiger partial charge in [-0.15, -0.1) is 5.10 Å². The van der Waals surface area contributed by atoms with Gasteiger partial charge in [0, 0.05) is 44.0 Å². The molecule has 0 radical (unpaired) electrons. The number of allylic oxidation sites excluding steroid dienone is 5. The van der Waals surface area contributed by atoms with E-state index in [1.165, 1.54) is 68.1 Å². The monoisotopic (exact) mass is 831 g/mol. The predicted octanol–water partition coefficient (Wildman–Crippen LogP) is 8.78. The number of aromatic nitrogens is 2. The van der Waals surface area contributed by atoms with Crippen LogP contribution in [0.25, 0.3) is 0 Å². The number of nitrogens with one attached hydrogen (secondary N) is 1. The first-order valence-corrected chi connectivity index (χ1v) is 25.1. The summed E-state index contributed by atoms with van der Waals surface area (Å²) in [6.07, 6.45) is 20.0. The van der Waals surface area contributed by atoms with E-state index in [1.54, 1.807) is 18.3 Å². The number of carbonyl (C=O) groups excluding carboxylic acids is 1. The normalized spacial score (nSPS) is 41.2. The van der Waals surface area contributed by atoms with Crippen molar-refractivity contribution in [3.8, 4) is 5.88 Å². The summed E-state index contributed by atoms with van der Waals surface area (Å²) in [5.74, 6) is 3.93. The fraction of sp³-hybridized carbons (Fsp3) is 0.776. The third kappa shape index (κ3) is 7.19. The molecule has 1 aromatic heterocycles. The number of esters is 1. The van der Waals surface area contributed by atoms with Crippen molar-refractivity contribution >= 4 is 15.8 Å². The van der Waals surface area contributed by atoms with Crippen molar-refractivity contribution in [3.05, 3.63) is 53.8 Å². The van der Waals surface area contributed by atoms with Gasteiger partial charge in [-0.3, -0.25) is 4.79 Å². The average Bonchev–Trinajstić information content (AvgIpc) is 3.59. The molecule has 4 saturated carbocycles. The molecule has 6 aliphatic carbocycles. The lowest BCUT2D eigenvalue weighted by Crippen LogP contribution is -2.68. The van der Waals surface area contributed by atoms with E-state index >= 15 is 0 Å². The van der Waals surface area contributed by atoms with Gasteiger partial charge in [0.2, 0.25) is 5.88 Å². The number of nitrogens with zero attached hydrogens (tertiary/aromatic N) is 3. The number of sulfone groups is 1. The third-order valence-corrected chi connectivity index (χ3v) is 20.3. The highest BCUT2D eigenvalue weighted by Gasteiger charge is 2.70. The van der Waals surface area contributed by atoms with Gasteiger partial charge in [-0.2, -0.15) is 5.10 Å². The molecule has 1 saturated heterocycles. The van der Waals surface area contributed by atoms with Crippen LogP contribution in [0.15, 0.2) is 53.8 Å². The van der Waals surface area contributed by atoms with Crippen LogP contribution in [0.2, 0.25) is 0 Å². The molecule has 0 spiro atoms. The van der Waals surface area contributed by atoms with Gasteiger partial charge in [-0.05, 0) is 159 Å². The molecule has 10 atom stereocenters. The SMILES string of the molecule is C=C(C)[C@@H]1CC[C@]2(NCCN3CCS(=O)(=O)CC3)CC[C@]3(C)[C@H](CCC4[C@@]5(C)CC=C(C6=CCC(COc7cccnn7)(C(=O)OCC)CC6)C(C)(C)C5CC[C@]43C)C12. The summed E-state index contributed by atoms with van der Waals surface area (Å²) in [5.41, 5.74) is 4.48. The molecule has 10 heteroatoms. The van der Waals surface area contributed by atoms with Crippen LogP contribution in [0.3, 0.4) is 0 Å². The molecule has 7 aliphatic rings. The Bertz CT molecular complexity index is 1930. The molecule has 326 valence electrons. The van der Waals surface area contributed by atoms with Crippen LogP contribution in [0.5, 0.6) is 5.88 Å². The highest BCUT2D eigenvalue weighted by Crippen LogP contribution is 2.76. The van der Waals surface area contributed by atoms with Gasteiger partial charge in [0.25, 0.3) is 0 Å². The van der Waals surface area contributed by atoms with Crippen LogP contribution in [0.1, 0.15) is 126 Å². The standard InChI is InChI=1S/C49H74N4O5S/c1-9-57-43(54)48(33-58-41-11-10-26-51-52-41)21-14-35(15-22-48)37-17-19-45(6)39(44(37,4)5)18-20-47(8)40(45)13-12-38-42-36(34(2)3)16-23-49(42,25-24-46(38,47)7)50-27-28-53-29-31-59(55,56)32-30-53/h10-11,14,17,26,36,38-40,42,50H,2,9,12-13,15-16,18-25,27-33H2,1,3-8H3/t36-,38+,39?,40?,42?,45-,46+,47+,48?,49-/m0/s1. The fourth-order valence-corrected chi connectivity index (χ4v) is 16.7. The van der Waals surface area contributed by atoms with Gasteiger partial charge < -0.3 is 19.7 Å². The minimum absolute atomic E-state index is 0.0264. The van der Waals surface area contributed by atoms with Crippen LogP contribution in [-0.2, 0) is 19.4 Å². The van der Waals surface area contributed by atoms with Crippen LogP contribution >= 0.6 is 0 Å². The first kappa shape index (κ1) is 43.1. The zero-order valence-corrected chi connectivity index (χ0v) is 38.2. The minimum Gasteiger partial charge on any atom is -0.475 e. The smallest absolute Gasteiger partial charge is 0.315 e. The Hall–Kier alpha value is -2.56. The zero-order chi connectivity index (χ0) is 42.1. The highest BCUT2D eigenvalue weighted by atomic mass is 32.2. The number of carbonyl (C=O) groups is 1. The van der Waals surface area contributed by atoms with Gasteiger partial charge in [0.1, 0.15) is 12.0 Å². The summed E-state index contributed by atoms with van der Waals surface area (Å²) in [5, 5.41) is 12.3. The van der Waals surface area contributed by atoms with E-state index < -0.39 is 15.3 Å². The van der Waals surface area contributed by atoms with E-state index in [0.29, 0.717) is 79.5 Å². The molecular formula is C49H74N4O5S. The molecule has 1 aliphatic heterocycles. The maximum atomic E-state index is 13.5. The molecule has 5 fully saturated rings. The van der Waals surface area contributed by atoms with Crippen LogP contribution < -0.4 is 10.1 Å². The van der Waals surface area contributed by atoms with Gasteiger partial charge in [-0.25, -0.2) is 8.42 Å². The lowest BCUT2D eigenvalue weighted by Gasteiger charge is -2.72. The van der Waals surface area contributed by atoms with Crippen LogP contribution in [0.4, 0.5) is 0 Å². The molecule has 4 unspecified atom stereocenters. The van der Waals surface area contributed by atoms with Crippen molar-refractivity contribution in [1.29, 1.82) is 0 Å². The summed E-state index contributed by atoms with van der Waals surface area (Å²) in [7, 11) is -2.87. The van der Waals surface area contributed by atoms with Crippen molar-refractivity contribution in [2.75, 3.05) is 50.9 Å². The largest absolute Gasteiger partial charge is 0.475 e. The molecule has 59 heavy (non-hydrogen) atoms. The number of rotatable bonds is 11. The Balaban J connectivity index is 1.01. The van der Waals surface area contributed by atoms with E-state index in [9.17, 15) is 13.2 Å². The third-order valence-electron chi connectivity index (χ3n) is 18.7. The first-order chi connectivity index (χ1) is 27.9. The van der Waals surface area contributed by atoms with E-state index in [-0.39, 0.29) is 39.8 Å². The summed E-state index contributed by atoms with van der Waals surface area (Å²) in [6.45, 7) is 25.8. The lowest BCUT2D eigenvalue weighted by atomic mass is 9.33. The Labute approximate surface area is 355 Å². The molecule has 0 aromatic carbocycles. The maximum absolute atomic E-state index is 13.5. The van der Waals surface area contributed by atoms with Gasteiger partial charge in [0.15, 0.2) is 9.84 Å². The van der Waals surface area contributed by atoms with Crippen molar-refractivity contribution < 1.29 is 22.7 Å². The van der Waals surface area contributed by atoms with Crippen molar-refractivity contribution in [2.24, 2.45) is 56.7 Å². The van der Waals surface area contributed by atoms with Crippen molar-refractivity contribution in [1.82, 2.24) is 20.4 Å². The molecule has 1 N–H and O–H groups in total. The van der Waals surface area contributed by atoms with E-state index in [1.807, 2.05) is 6.92 Å². The number of hydrogen-bond donors (Lipinski definition) is 1. The molecule has 2 heterocycles. The maximum Gasteiger partial charge on any atom is 0.315 e. The second-order valence-electron chi connectivity index (χ2n) is 21.6. The summed E-state index contributed by atoms with van der Waals surface area (Å²) in [6, 6.07) is 3.59. The van der Waals surface area contributed by atoms with Crippen molar-refractivity contribution in [3.63, 3.8) is 0 Å². The summed E-state index contributed by atoms with van der Waals surface area (Å²) < 4.78 is 35.9. The summed E-state index contributed by atoms with van der Waals surface area (Å²) >= 11 is 0. The van der Waals surface area contributed by atoms with E-state index in [4.69, 9.17) is 9.47 Å². The lowest BCUT2D eigenvalue weighted by molar-refractivity contribution is -0.221. The predicted molar refractivity (Wildman–Crippen MR) is 234 cm³/mol. The van der Waals surface area contributed by atoms with E-state index in [2.05, 4.69) is 80.7 Å². The Morgan fingerprint density at radius 3 is 2.41 bits per heavy atom. The van der Waals surface area contributed by atoms with Crippen molar-refractivity contribution in [2.45, 2.75) is 131 Å². The minimum atomic E-state index is -2.87. The molecule has 1 aromatic rings. The second kappa shape index (κ2) is 15.7. The van der Waals surface area contributed by atoms with Gasteiger partial charge in [-0.1, -0.05) is 58.9 Å². The van der Waals surface area contributed by atoms with Crippen LogP contribution in [0, 0.1) is 56.7 Å². The Morgan fingerprint density at radius 1 is 0.949 bits per heavy atom. The quantitative estimate of drug-likeness (QED) is 0.173. The molecule has 9 nitrogen and oxygen atoms in total. The first-order valence-electron chi connectivity index (χ1n) is 23.2.